The van der Waals surface area contributed by atoms with Gasteiger partial charge in [-0.2, -0.15) is 4.98 Å². The van der Waals surface area contributed by atoms with Crippen LogP contribution >= 0.6 is 22.7 Å². The van der Waals surface area contributed by atoms with Crippen LogP contribution in [0.2, 0.25) is 0 Å². The lowest BCUT2D eigenvalue weighted by Crippen LogP contribution is -2.17. The molecule has 0 spiro atoms. The van der Waals surface area contributed by atoms with E-state index in [4.69, 9.17) is 9.15 Å². The van der Waals surface area contributed by atoms with E-state index in [0.717, 1.165) is 15.6 Å². The van der Waals surface area contributed by atoms with E-state index in [-0.39, 0.29) is 5.69 Å². The van der Waals surface area contributed by atoms with E-state index in [1.165, 1.54) is 6.26 Å². The van der Waals surface area contributed by atoms with Gasteiger partial charge in [-0.25, -0.2) is 9.78 Å². The van der Waals surface area contributed by atoms with Crippen LogP contribution in [0.15, 0.2) is 33.6 Å². The second-order valence-corrected chi connectivity index (χ2v) is 6.52. The van der Waals surface area contributed by atoms with E-state index >= 15 is 0 Å². The Labute approximate surface area is 141 Å². The van der Waals surface area contributed by atoms with Crippen LogP contribution in [0.1, 0.15) is 23.1 Å². The summed E-state index contributed by atoms with van der Waals surface area (Å²) in [6.45, 7) is 2.60. The lowest BCUT2D eigenvalue weighted by molar-refractivity contribution is 0.0519. The molecule has 0 aliphatic rings. The quantitative estimate of drug-likeness (QED) is 0.633. The van der Waals surface area contributed by atoms with Crippen molar-refractivity contribution in [2.45, 2.75) is 13.5 Å². The second kappa shape index (κ2) is 6.93. The smallest absolute Gasteiger partial charge is 0.360 e. The SMILES string of the molecule is CCOC(=O)c1coc(N(C)Cc2csc(-c3cccs3)n2)n1. The molecule has 3 rings (SSSR count). The number of thiazole rings is 1. The Bertz CT molecular complexity index is 780. The highest BCUT2D eigenvalue weighted by molar-refractivity contribution is 7.20. The molecule has 3 aromatic rings. The van der Waals surface area contributed by atoms with Gasteiger partial charge >= 0.3 is 5.97 Å². The van der Waals surface area contributed by atoms with Crippen molar-refractivity contribution in [3.8, 4) is 9.88 Å². The third kappa shape index (κ3) is 3.59. The van der Waals surface area contributed by atoms with Crippen molar-refractivity contribution in [1.82, 2.24) is 9.97 Å². The van der Waals surface area contributed by atoms with E-state index in [2.05, 4.69) is 16.0 Å². The van der Waals surface area contributed by atoms with E-state index < -0.39 is 5.97 Å². The van der Waals surface area contributed by atoms with Crippen LogP contribution in [-0.2, 0) is 11.3 Å². The van der Waals surface area contributed by atoms with Crippen molar-refractivity contribution in [3.63, 3.8) is 0 Å². The Balaban J connectivity index is 1.67. The number of thiophene rings is 1. The maximum absolute atomic E-state index is 11.6. The van der Waals surface area contributed by atoms with Gasteiger partial charge in [-0.15, -0.1) is 22.7 Å². The first-order valence-corrected chi connectivity index (χ1v) is 8.75. The molecule has 6 nitrogen and oxygen atoms in total. The highest BCUT2D eigenvalue weighted by atomic mass is 32.1. The van der Waals surface area contributed by atoms with E-state index in [1.807, 2.05) is 23.9 Å². The summed E-state index contributed by atoms with van der Waals surface area (Å²) in [4.78, 5) is 23.3. The summed E-state index contributed by atoms with van der Waals surface area (Å²) in [6.07, 6.45) is 1.31. The third-order valence-corrected chi connectivity index (χ3v) is 4.92. The highest BCUT2D eigenvalue weighted by Gasteiger charge is 2.16. The first-order valence-electron chi connectivity index (χ1n) is 6.99. The standard InChI is InChI=1S/C15H15N3O3S2/c1-3-20-14(19)11-8-21-15(17-11)18(2)7-10-9-23-13(16-10)12-5-4-6-22-12/h4-6,8-9H,3,7H2,1-2H3. The van der Waals surface area contributed by atoms with Gasteiger partial charge in [-0.3, -0.25) is 0 Å². The topological polar surface area (TPSA) is 68.5 Å². The lowest BCUT2D eigenvalue weighted by atomic mass is 10.4. The molecule has 0 N–H and O–H groups in total. The van der Waals surface area contributed by atoms with Gasteiger partial charge in [0, 0.05) is 12.4 Å². The number of aromatic nitrogens is 2. The molecule has 0 unspecified atom stereocenters. The van der Waals surface area contributed by atoms with E-state index in [0.29, 0.717) is 19.2 Å². The molecule has 0 saturated heterocycles. The van der Waals surface area contributed by atoms with Gasteiger partial charge in [-0.05, 0) is 18.4 Å². The Morgan fingerprint density at radius 3 is 3.00 bits per heavy atom. The number of carbonyl (C=O) groups excluding carboxylic acids is 1. The van der Waals surface area contributed by atoms with Gasteiger partial charge in [0.25, 0.3) is 6.01 Å². The minimum absolute atomic E-state index is 0.172. The molecule has 23 heavy (non-hydrogen) atoms. The predicted octanol–water partition coefficient (Wildman–Crippen LogP) is 3.67. The first kappa shape index (κ1) is 15.7. The van der Waals surface area contributed by atoms with Gasteiger partial charge in [0.05, 0.1) is 23.7 Å². The van der Waals surface area contributed by atoms with Crippen LogP contribution in [-0.4, -0.2) is 29.6 Å². The van der Waals surface area contributed by atoms with Crippen molar-refractivity contribution < 1.29 is 13.9 Å². The molecule has 0 radical (unpaired) electrons. The highest BCUT2D eigenvalue weighted by Crippen LogP contribution is 2.28. The summed E-state index contributed by atoms with van der Waals surface area (Å²) < 4.78 is 10.2. The molecular formula is C15H15N3O3S2. The minimum Gasteiger partial charge on any atom is -0.461 e. The zero-order valence-corrected chi connectivity index (χ0v) is 14.3. The molecule has 0 aromatic carbocycles. The van der Waals surface area contributed by atoms with Crippen molar-refractivity contribution >= 4 is 34.7 Å². The second-order valence-electron chi connectivity index (χ2n) is 4.71. The Morgan fingerprint density at radius 2 is 2.26 bits per heavy atom. The predicted molar refractivity (Wildman–Crippen MR) is 90.0 cm³/mol. The summed E-state index contributed by atoms with van der Waals surface area (Å²) in [6, 6.07) is 4.42. The van der Waals surface area contributed by atoms with E-state index in [1.54, 1.807) is 34.5 Å². The normalized spacial score (nSPS) is 10.7. The van der Waals surface area contributed by atoms with Gasteiger partial charge in [0.2, 0.25) is 0 Å². The summed E-state index contributed by atoms with van der Waals surface area (Å²) in [5, 5.41) is 5.05. The van der Waals surface area contributed by atoms with Crippen LogP contribution in [0, 0.1) is 0 Å². The zero-order chi connectivity index (χ0) is 16.2. The molecule has 0 saturated carbocycles. The molecule has 8 heteroatoms. The fraction of sp³-hybridized carbons (Fsp3) is 0.267. The van der Waals surface area contributed by atoms with Crippen LogP contribution < -0.4 is 4.90 Å². The molecule has 3 heterocycles. The molecule has 0 fully saturated rings. The number of carbonyl (C=O) groups is 1. The van der Waals surface area contributed by atoms with Gasteiger partial charge in [-0.1, -0.05) is 6.07 Å². The Morgan fingerprint density at radius 1 is 1.39 bits per heavy atom. The molecule has 120 valence electrons. The van der Waals surface area contributed by atoms with Crippen LogP contribution in [0.4, 0.5) is 6.01 Å². The van der Waals surface area contributed by atoms with Crippen molar-refractivity contribution in [3.05, 3.63) is 40.5 Å². The number of anilines is 1. The van der Waals surface area contributed by atoms with Gasteiger partial charge in [0.15, 0.2) is 5.69 Å². The van der Waals surface area contributed by atoms with Crippen LogP contribution in [0.3, 0.4) is 0 Å². The molecule has 3 aromatic heterocycles. The fourth-order valence-corrected chi connectivity index (χ4v) is 3.57. The number of nitrogens with zero attached hydrogens (tertiary/aromatic N) is 3. The van der Waals surface area contributed by atoms with E-state index in [9.17, 15) is 4.79 Å². The van der Waals surface area contributed by atoms with Crippen molar-refractivity contribution in [2.75, 3.05) is 18.6 Å². The molecule has 0 bridgehead atoms. The third-order valence-electron chi connectivity index (χ3n) is 2.99. The summed E-state index contributed by atoms with van der Waals surface area (Å²) in [7, 11) is 1.84. The summed E-state index contributed by atoms with van der Waals surface area (Å²) >= 11 is 3.28. The maximum atomic E-state index is 11.6. The average Bonchev–Trinajstić information content (AvgIpc) is 3.28. The minimum atomic E-state index is -0.482. The number of rotatable bonds is 6. The average molecular weight is 349 g/mol. The fourth-order valence-electron chi connectivity index (χ4n) is 1.94. The largest absolute Gasteiger partial charge is 0.461 e. The van der Waals surface area contributed by atoms with Crippen molar-refractivity contribution in [1.29, 1.82) is 0 Å². The Kier molecular flexibility index (Phi) is 4.73. The van der Waals surface area contributed by atoms with Crippen LogP contribution in [0.25, 0.3) is 9.88 Å². The maximum Gasteiger partial charge on any atom is 0.360 e. The molecule has 0 aliphatic carbocycles. The number of hydrogen-bond acceptors (Lipinski definition) is 8. The van der Waals surface area contributed by atoms with Gasteiger partial charge in [0.1, 0.15) is 11.3 Å². The number of esters is 1. The molecular weight excluding hydrogens is 334 g/mol. The lowest BCUT2D eigenvalue weighted by Gasteiger charge is -2.12. The number of hydrogen-bond donors (Lipinski definition) is 0. The zero-order valence-electron chi connectivity index (χ0n) is 12.7. The number of oxazole rings is 1. The monoisotopic (exact) mass is 349 g/mol. The first-order chi connectivity index (χ1) is 11.2. The molecule has 0 atom stereocenters. The molecule has 0 aliphatic heterocycles. The van der Waals surface area contributed by atoms with Crippen LogP contribution in [0.5, 0.6) is 0 Å². The summed E-state index contributed by atoms with van der Waals surface area (Å²) in [5.41, 5.74) is 1.10. The number of ether oxygens (including phenoxy) is 1. The summed E-state index contributed by atoms with van der Waals surface area (Å²) in [5.74, 6) is -0.482. The molecule has 0 amide bonds. The van der Waals surface area contributed by atoms with Crippen molar-refractivity contribution in [2.24, 2.45) is 0 Å². The van der Waals surface area contributed by atoms with Gasteiger partial charge < -0.3 is 14.1 Å². The Hall–Kier alpha value is -2.19.